The molecule has 10 heteroatoms. The van der Waals surface area contributed by atoms with Crippen LogP contribution in [-0.4, -0.2) is 36.8 Å². The van der Waals surface area contributed by atoms with Crippen LogP contribution >= 0.6 is 23.1 Å². The van der Waals surface area contributed by atoms with Crippen molar-refractivity contribution in [2.75, 3.05) is 5.32 Å². The summed E-state index contributed by atoms with van der Waals surface area (Å²) in [7, 11) is 1.72. The van der Waals surface area contributed by atoms with E-state index in [2.05, 4.69) is 27.4 Å². The summed E-state index contributed by atoms with van der Waals surface area (Å²) in [4.78, 5) is 12.3. The standard InChI is InChI=1S/C20H22N6O2S2/c1-6-22-17-15(16(21)30-19-23-24-25-26(19)5)14(11-29-17)12-7-9-13(10-8-12)18(27)28-20(2,3)4/h6-11,21-22H,1H2,2-5H3. The predicted octanol–water partition coefficient (Wildman–Crippen LogP) is 4.57. The highest BCUT2D eigenvalue weighted by atomic mass is 32.2. The van der Waals surface area contributed by atoms with E-state index in [4.69, 9.17) is 10.1 Å². The van der Waals surface area contributed by atoms with Gasteiger partial charge in [0.25, 0.3) is 0 Å². The largest absolute Gasteiger partial charge is 0.456 e. The molecule has 2 aromatic heterocycles. The Morgan fingerprint density at radius 2 is 2.03 bits per heavy atom. The number of thioether (sulfide) groups is 1. The fourth-order valence-corrected chi connectivity index (χ4v) is 4.35. The van der Waals surface area contributed by atoms with Crippen LogP contribution in [0.1, 0.15) is 36.7 Å². The van der Waals surface area contributed by atoms with Gasteiger partial charge < -0.3 is 10.1 Å². The SMILES string of the molecule is C=CNc1scc(-c2ccc(C(=O)OC(C)(C)C)cc2)c1C(=N)Sc1nnnn1C. The van der Waals surface area contributed by atoms with Crippen LogP contribution in [-0.2, 0) is 11.8 Å². The number of nitrogens with zero attached hydrogens (tertiary/aromatic N) is 4. The maximum atomic E-state index is 12.3. The number of rotatable bonds is 6. The van der Waals surface area contributed by atoms with E-state index in [1.165, 1.54) is 27.8 Å². The maximum Gasteiger partial charge on any atom is 0.338 e. The molecule has 156 valence electrons. The summed E-state index contributed by atoms with van der Waals surface area (Å²) in [5.41, 5.74) is 2.39. The molecule has 2 heterocycles. The van der Waals surface area contributed by atoms with E-state index >= 15 is 0 Å². The van der Waals surface area contributed by atoms with Gasteiger partial charge >= 0.3 is 5.97 Å². The second kappa shape index (κ2) is 8.80. The molecule has 0 saturated carbocycles. The van der Waals surface area contributed by atoms with Crippen LogP contribution in [0.5, 0.6) is 0 Å². The lowest BCUT2D eigenvalue weighted by Gasteiger charge is -2.19. The van der Waals surface area contributed by atoms with Crippen LogP contribution in [0, 0.1) is 5.41 Å². The lowest BCUT2D eigenvalue weighted by atomic mass is 10.0. The Hall–Kier alpha value is -2.98. The minimum absolute atomic E-state index is 0.296. The van der Waals surface area contributed by atoms with Crippen LogP contribution in [0.25, 0.3) is 11.1 Å². The van der Waals surface area contributed by atoms with Gasteiger partial charge in [-0.3, -0.25) is 5.41 Å². The van der Waals surface area contributed by atoms with Crippen molar-refractivity contribution in [1.29, 1.82) is 5.41 Å². The molecule has 0 amide bonds. The van der Waals surface area contributed by atoms with Crippen molar-refractivity contribution >= 4 is 39.1 Å². The number of ether oxygens (including phenoxy) is 1. The second-order valence-corrected chi connectivity index (χ2v) is 9.15. The van der Waals surface area contributed by atoms with Crippen LogP contribution in [0.15, 0.2) is 47.6 Å². The van der Waals surface area contributed by atoms with Crippen molar-refractivity contribution in [3.63, 3.8) is 0 Å². The number of thiophene rings is 1. The Balaban J connectivity index is 1.92. The third-order valence-corrected chi connectivity index (χ3v) is 5.70. The molecule has 0 radical (unpaired) electrons. The summed E-state index contributed by atoms with van der Waals surface area (Å²) in [5.74, 6) is -0.369. The van der Waals surface area contributed by atoms with Gasteiger partial charge in [-0.1, -0.05) is 18.7 Å². The molecule has 0 fully saturated rings. The van der Waals surface area contributed by atoms with Gasteiger partial charge in [0.05, 0.1) is 5.56 Å². The number of nitrogens with one attached hydrogen (secondary N) is 2. The Bertz CT molecular complexity index is 1080. The van der Waals surface area contributed by atoms with Crippen molar-refractivity contribution in [3.8, 4) is 11.1 Å². The van der Waals surface area contributed by atoms with E-state index in [0.29, 0.717) is 15.8 Å². The zero-order chi connectivity index (χ0) is 21.9. The zero-order valence-electron chi connectivity index (χ0n) is 17.1. The fourth-order valence-electron chi connectivity index (χ4n) is 2.57. The molecular formula is C20H22N6O2S2. The smallest absolute Gasteiger partial charge is 0.338 e. The van der Waals surface area contributed by atoms with E-state index in [1.54, 1.807) is 25.4 Å². The third kappa shape index (κ3) is 4.95. The van der Waals surface area contributed by atoms with Gasteiger partial charge in [-0.2, -0.15) is 0 Å². The van der Waals surface area contributed by atoms with E-state index in [9.17, 15) is 4.79 Å². The molecule has 3 aromatic rings. The molecule has 0 spiro atoms. The molecule has 0 aliphatic heterocycles. The highest BCUT2D eigenvalue weighted by molar-refractivity contribution is 8.14. The van der Waals surface area contributed by atoms with Gasteiger partial charge in [-0.15, -0.1) is 16.4 Å². The normalized spacial score (nSPS) is 11.2. The second-order valence-electron chi connectivity index (χ2n) is 7.30. The molecule has 0 saturated heterocycles. The zero-order valence-corrected chi connectivity index (χ0v) is 18.7. The van der Waals surface area contributed by atoms with Crippen LogP contribution < -0.4 is 5.32 Å². The van der Waals surface area contributed by atoms with Gasteiger partial charge in [-0.25, -0.2) is 9.48 Å². The summed E-state index contributed by atoms with van der Waals surface area (Å²) >= 11 is 2.64. The molecule has 3 rings (SSSR count). The number of tetrazole rings is 1. The fraction of sp³-hybridized carbons (Fsp3) is 0.250. The number of hydrogen-bond donors (Lipinski definition) is 2. The molecule has 30 heavy (non-hydrogen) atoms. The number of anilines is 1. The first-order valence-electron chi connectivity index (χ1n) is 9.01. The first-order chi connectivity index (χ1) is 14.2. The van der Waals surface area contributed by atoms with E-state index in [1.807, 2.05) is 38.3 Å². The number of carbonyl (C=O) groups is 1. The van der Waals surface area contributed by atoms with Crippen molar-refractivity contribution in [1.82, 2.24) is 20.2 Å². The number of aryl methyl sites for hydroxylation is 1. The van der Waals surface area contributed by atoms with Gasteiger partial charge in [-0.05, 0) is 66.9 Å². The van der Waals surface area contributed by atoms with Crippen molar-refractivity contribution in [3.05, 3.63) is 53.6 Å². The Labute approximate surface area is 182 Å². The predicted molar refractivity (Wildman–Crippen MR) is 120 cm³/mol. The molecule has 0 unspecified atom stereocenters. The van der Waals surface area contributed by atoms with Crippen LogP contribution in [0.4, 0.5) is 5.00 Å². The van der Waals surface area contributed by atoms with Gasteiger partial charge in [0, 0.05) is 23.6 Å². The highest BCUT2D eigenvalue weighted by Gasteiger charge is 2.21. The summed E-state index contributed by atoms with van der Waals surface area (Å²) in [6.45, 7) is 9.22. The average Bonchev–Trinajstić information content (AvgIpc) is 3.27. The average molecular weight is 443 g/mol. The first kappa shape index (κ1) is 21.7. The minimum Gasteiger partial charge on any atom is -0.456 e. The Morgan fingerprint density at radius 3 is 2.60 bits per heavy atom. The summed E-state index contributed by atoms with van der Waals surface area (Å²) in [6, 6.07) is 7.16. The molecule has 0 bridgehead atoms. The number of aromatic nitrogens is 4. The number of benzene rings is 1. The first-order valence-corrected chi connectivity index (χ1v) is 10.7. The summed E-state index contributed by atoms with van der Waals surface area (Å²) in [5, 5.41) is 26.7. The quantitative estimate of drug-likeness (QED) is 0.249. The molecule has 0 aliphatic carbocycles. The molecule has 8 nitrogen and oxygen atoms in total. The van der Waals surface area contributed by atoms with Crippen molar-refractivity contribution in [2.24, 2.45) is 7.05 Å². The van der Waals surface area contributed by atoms with Crippen LogP contribution in [0.2, 0.25) is 0 Å². The van der Waals surface area contributed by atoms with E-state index in [0.717, 1.165) is 21.7 Å². The number of hydrogen-bond acceptors (Lipinski definition) is 9. The Kier molecular flexibility index (Phi) is 6.37. The topological polar surface area (TPSA) is 106 Å². The number of carbonyl (C=O) groups excluding carboxylic acids is 1. The maximum absolute atomic E-state index is 12.3. The Morgan fingerprint density at radius 1 is 1.33 bits per heavy atom. The molecule has 2 N–H and O–H groups in total. The molecule has 0 aliphatic rings. The molecular weight excluding hydrogens is 420 g/mol. The van der Waals surface area contributed by atoms with Crippen molar-refractivity contribution < 1.29 is 9.53 Å². The summed E-state index contributed by atoms with van der Waals surface area (Å²) in [6.07, 6.45) is 1.58. The molecule has 0 atom stereocenters. The number of esters is 1. The highest BCUT2D eigenvalue weighted by Crippen LogP contribution is 2.39. The van der Waals surface area contributed by atoms with Crippen LogP contribution in [0.3, 0.4) is 0 Å². The lowest BCUT2D eigenvalue weighted by molar-refractivity contribution is 0.00695. The lowest BCUT2D eigenvalue weighted by Crippen LogP contribution is -2.23. The minimum atomic E-state index is -0.553. The van der Waals surface area contributed by atoms with Gasteiger partial charge in [0.2, 0.25) is 5.16 Å². The van der Waals surface area contributed by atoms with E-state index < -0.39 is 5.60 Å². The van der Waals surface area contributed by atoms with Gasteiger partial charge in [0.15, 0.2) is 0 Å². The van der Waals surface area contributed by atoms with Gasteiger partial charge in [0.1, 0.15) is 15.6 Å². The molecule has 1 aromatic carbocycles. The third-order valence-electron chi connectivity index (χ3n) is 3.86. The van der Waals surface area contributed by atoms with Crippen molar-refractivity contribution in [2.45, 2.75) is 31.5 Å². The summed E-state index contributed by atoms with van der Waals surface area (Å²) < 4.78 is 6.94. The monoisotopic (exact) mass is 442 g/mol. The van der Waals surface area contributed by atoms with E-state index in [-0.39, 0.29) is 5.97 Å².